The van der Waals surface area contributed by atoms with Gasteiger partial charge >= 0.3 is 6.09 Å². The van der Waals surface area contributed by atoms with Crippen molar-refractivity contribution in [1.82, 2.24) is 10.3 Å². The SMILES string of the molecule is Cc1cc(CCNC(=O)OC(C)(C)C)ccc1C1CC1Cc1ccc(C#N)cn1. The molecule has 5 heteroatoms. The Bertz CT molecular complexity index is 907. The summed E-state index contributed by atoms with van der Waals surface area (Å²) in [6.45, 7) is 8.30. The highest BCUT2D eigenvalue weighted by atomic mass is 16.6. The van der Waals surface area contributed by atoms with Gasteiger partial charge in [0.15, 0.2) is 0 Å². The van der Waals surface area contributed by atoms with Gasteiger partial charge in [-0.1, -0.05) is 18.2 Å². The van der Waals surface area contributed by atoms with Crippen molar-refractivity contribution in [2.75, 3.05) is 6.54 Å². The number of alkyl carbamates (subject to hydrolysis) is 1. The first kappa shape index (κ1) is 20.9. The van der Waals surface area contributed by atoms with Crippen LogP contribution in [0.5, 0.6) is 0 Å². The molecule has 0 bridgehead atoms. The normalized spacial score (nSPS) is 18.0. The van der Waals surface area contributed by atoms with Gasteiger partial charge in [0.05, 0.1) is 5.56 Å². The van der Waals surface area contributed by atoms with Crippen molar-refractivity contribution >= 4 is 6.09 Å². The van der Waals surface area contributed by atoms with Crippen molar-refractivity contribution in [1.29, 1.82) is 5.26 Å². The summed E-state index contributed by atoms with van der Waals surface area (Å²) in [5, 5.41) is 11.7. The van der Waals surface area contributed by atoms with Gasteiger partial charge in [-0.3, -0.25) is 4.98 Å². The molecule has 1 fully saturated rings. The summed E-state index contributed by atoms with van der Waals surface area (Å²) in [6, 6.07) is 12.5. The second kappa shape index (κ2) is 8.65. The minimum absolute atomic E-state index is 0.372. The molecule has 1 aliphatic rings. The number of nitriles is 1. The number of aryl methyl sites for hydroxylation is 1. The number of hydrogen-bond donors (Lipinski definition) is 1. The zero-order chi connectivity index (χ0) is 21.0. The van der Waals surface area contributed by atoms with Crippen LogP contribution in [0.4, 0.5) is 4.79 Å². The van der Waals surface area contributed by atoms with Gasteiger partial charge in [-0.15, -0.1) is 0 Å². The minimum Gasteiger partial charge on any atom is -0.444 e. The Morgan fingerprint density at radius 3 is 2.72 bits per heavy atom. The van der Waals surface area contributed by atoms with Gasteiger partial charge in [0.25, 0.3) is 0 Å². The average Bonchev–Trinajstić information content (AvgIpc) is 3.39. The predicted molar refractivity (Wildman–Crippen MR) is 113 cm³/mol. The van der Waals surface area contributed by atoms with Crippen LogP contribution in [0, 0.1) is 24.2 Å². The zero-order valence-electron chi connectivity index (χ0n) is 17.7. The number of carbonyl (C=O) groups excluding carboxylic acids is 1. The number of hydrogen-bond acceptors (Lipinski definition) is 4. The Morgan fingerprint density at radius 2 is 2.10 bits per heavy atom. The van der Waals surface area contributed by atoms with E-state index in [0.717, 1.165) is 18.5 Å². The lowest BCUT2D eigenvalue weighted by Gasteiger charge is -2.19. The Morgan fingerprint density at radius 1 is 1.31 bits per heavy atom. The molecule has 2 unspecified atom stereocenters. The van der Waals surface area contributed by atoms with E-state index < -0.39 is 5.60 Å². The molecule has 1 N–H and O–H groups in total. The minimum atomic E-state index is -0.476. The van der Waals surface area contributed by atoms with Crippen LogP contribution in [-0.4, -0.2) is 23.2 Å². The molecule has 1 aliphatic carbocycles. The van der Waals surface area contributed by atoms with E-state index in [9.17, 15) is 4.79 Å². The number of carbonyl (C=O) groups is 1. The van der Waals surface area contributed by atoms with Gasteiger partial charge < -0.3 is 10.1 Å². The van der Waals surface area contributed by atoms with Crippen molar-refractivity contribution in [3.63, 3.8) is 0 Å². The van der Waals surface area contributed by atoms with Gasteiger partial charge in [-0.05, 0) is 87.6 Å². The number of nitrogens with one attached hydrogen (secondary N) is 1. The number of ether oxygens (including phenoxy) is 1. The van der Waals surface area contributed by atoms with Crippen molar-refractivity contribution in [3.05, 3.63) is 64.5 Å². The van der Waals surface area contributed by atoms with Crippen LogP contribution < -0.4 is 5.32 Å². The first-order valence-electron chi connectivity index (χ1n) is 10.2. The maximum atomic E-state index is 11.7. The molecular formula is C24H29N3O2. The fourth-order valence-corrected chi connectivity index (χ4v) is 3.67. The second-order valence-electron chi connectivity index (χ2n) is 8.83. The first-order chi connectivity index (χ1) is 13.7. The standard InChI is InChI=1S/C24H29N3O2/c1-16-11-17(9-10-26-23(28)29-24(2,3)4)6-8-21(16)22-13-19(22)12-20-7-5-18(14-25)15-27-20/h5-8,11,15,19,22H,9-10,12-13H2,1-4H3,(H,26,28). The van der Waals surface area contributed by atoms with Gasteiger partial charge in [0, 0.05) is 18.4 Å². The van der Waals surface area contributed by atoms with E-state index in [2.05, 4.69) is 41.5 Å². The highest BCUT2D eigenvalue weighted by Crippen LogP contribution is 2.50. The van der Waals surface area contributed by atoms with E-state index in [1.807, 2.05) is 32.9 Å². The van der Waals surface area contributed by atoms with Crippen molar-refractivity contribution in [2.45, 2.75) is 58.5 Å². The van der Waals surface area contributed by atoms with Gasteiger partial charge in [-0.25, -0.2) is 4.79 Å². The summed E-state index contributed by atoms with van der Waals surface area (Å²) < 4.78 is 5.26. The second-order valence-corrected chi connectivity index (χ2v) is 8.83. The summed E-state index contributed by atoms with van der Waals surface area (Å²) >= 11 is 0. The number of nitrogens with zero attached hydrogens (tertiary/aromatic N) is 2. The molecule has 1 heterocycles. The molecule has 0 saturated heterocycles. The van der Waals surface area contributed by atoms with E-state index in [-0.39, 0.29) is 6.09 Å². The molecule has 0 radical (unpaired) electrons. The summed E-state index contributed by atoms with van der Waals surface area (Å²) in [5.74, 6) is 1.20. The largest absolute Gasteiger partial charge is 0.444 e. The summed E-state index contributed by atoms with van der Waals surface area (Å²) in [6.07, 6.45) is 4.20. The Balaban J connectivity index is 1.50. The molecule has 0 spiro atoms. The lowest BCUT2D eigenvalue weighted by Crippen LogP contribution is -2.33. The Kier molecular flexibility index (Phi) is 6.22. The molecule has 29 heavy (non-hydrogen) atoms. The molecule has 5 nitrogen and oxygen atoms in total. The van der Waals surface area contributed by atoms with Gasteiger partial charge in [0.1, 0.15) is 11.7 Å². The molecule has 2 aromatic rings. The number of rotatable bonds is 6. The third kappa shape index (κ3) is 6.05. The van der Waals surface area contributed by atoms with Gasteiger partial charge in [-0.2, -0.15) is 5.26 Å². The van der Waals surface area contributed by atoms with Crippen LogP contribution in [0.3, 0.4) is 0 Å². The predicted octanol–water partition coefficient (Wildman–Crippen LogP) is 4.68. The average molecular weight is 392 g/mol. The van der Waals surface area contributed by atoms with E-state index in [1.165, 1.54) is 23.1 Å². The van der Waals surface area contributed by atoms with Crippen LogP contribution in [0.25, 0.3) is 0 Å². The molecule has 0 aliphatic heterocycles. The monoisotopic (exact) mass is 391 g/mol. The molecule has 152 valence electrons. The number of aromatic nitrogens is 1. The maximum absolute atomic E-state index is 11.7. The lowest BCUT2D eigenvalue weighted by molar-refractivity contribution is 0.0528. The fraction of sp³-hybridized carbons (Fsp3) is 0.458. The van der Waals surface area contributed by atoms with Crippen LogP contribution in [0.15, 0.2) is 36.5 Å². The highest BCUT2D eigenvalue weighted by Gasteiger charge is 2.39. The molecular weight excluding hydrogens is 362 g/mol. The number of amides is 1. The number of pyridine rings is 1. The zero-order valence-corrected chi connectivity index (χ0v) is 17.7. The molecule has 1 saturated carbocycles. The molecule has 1 amide bonds. The van der Waals surface area contributed by atoms with E-state index >= 15 is 0 Å². The summed E-state index contributed by atoms with van der Waals surface area (Å²) in [4.78, 5) is 16.1. The molecule has 1 aromatic heterocycles. The fourth-order valence-electron chi connectivity index (χ4n) is 3.67. The molecule has 2 atom stereocenters. The smallest absolute Gasteiger partial charge is 0.407 e. The summed E-state index contributed by atoms with van der Waals surface area (Å²) in [5.41, 5.74) is 5.12. The van der Waals surface area contributed by atoms with Crippen LogP contribution in [0.1, 0.15) is 61.1 Å². The topological polar surface area (TPSA) is 75.0 Å². The van der Waals surface area contributed by atoms with E-state index in [0.29, 0.717) is 23.9 Å². The third-order valence-corrected chi connectivity index (χ3v) is 5.16. The molecule has 3 rings (SSSR count). The van der Waals surface area contributed by atoms with Crippen molar-refractivity contribution in [3.8, 4) is 6.07 Å². The third-order valence-electron chi connectivity index (χ3n) is 5.16. The number of benzene rings is 1. The highest BCUT2D eigenvalue weighted by molar-refractivity contribution is 5.67. The van der Waals surface area contributed by atoms with Gasteiger partial charge in [0.2, 0.25) is 0 Å². The Hall–Kier alpha value is -2.87. The quantitative estimate of drug-likeness (QED) is 0.776. The van der Waals surface area contributed by atoms with Crippen molar-refractivity contribution in [2.24, 2.45) is 5.92 Å². The van der Waals surface area contributed by atoms with Crippen LogP contribution in [-0.2, 0) is 17.6 Å². The Labute approximate surface area is 173 Å². The van der Waals surface area contributed by atoms with Crippen LogP contribution >= 0.6 is 0 Å². The van der Waals surface area contributed by atoms with Crippen LogP contribution in [0.2, 0.25) is 0 Å². The lowest BCUT2D eigenvalue weighted by atomic mass is 9.98. The van der Waals surface area contributed by atoms with E-state index in [4.69, 9.17) is 10.00 Å². The summed E-state index contributed by atoms with van der Waals surface area (Å²) in [7, 11) is 0. The van der Waals surface area contributed by atoms with Crippen molar-refractivity contribution < 1.29 is 9.53 Å². The molecule has 1 aromatic carbocycles. The van der Waals surface area contributed by atoms with E-state index in [1.54, 1.807) is 6.20 Å². The first-order valence-corrected chi connectivity index (χ1v) is 10.2. The maximum Gasteiger partial charge on any atom is 0.407 e.